The molecule has 1 radical (unpaired) electrons. The molecule has 1 aliphatic heterocycles. The molecule has 6 nitrogen and oxygen atoms in total. The highest BCUT2D eigenvalue weighted by atomic mass is 16.2. The summed E-state index contributed by atoms with van der Waals surface area (Å²) in [6, 6.07) is 8.11. The van der Waals surface area contributed by atoms with E-state index in [1.165, 1.54) is 5.56 Å². The van der Waals surface area contributed by atoms with Gasteiger partial charge in [-0.25, -0.2) is 4.98 Å². The maximum Gasteiger partial charge on any atom is 0.263 e. The van der Waals surface area contributed by atoms with Gasteiger partial charge in [-0.1, -0.05) is 19.1 Å². The molecule has 3 rings (SSSR count). The van der Waals surface area contributed by atoms with Crippen LogP contribution >= 0.6 is 0 Å². The lowest BCUT2D eigenvalue weighted by atomic mass is 10.1. The molecule has 1 aromatic carbocycles. The molecule has 0 saturated heterocycles. The van der Waals surface area contributed by atoms with Crippen molar-refractivity contribution in [1.29, 1.82) is 0 Å². The van der Waals surface area contributed by atoms with Gasteiger partial charge in [-0.15, -0.1) is 0 Å². The van der Waals surface area contributed by atoms with Crippen LogP contribution in [-0.2, 0) is 6.42 Å². The molecule has 0 unspecified atom stereocenters. The second-order valence-corrected chi connectivity index (χ2v) is 6.11. The molecule has 0 aliphatic carbocycles. The van der Waals surface area contributed by atoms with Crippen LogP contribution in [0.5, 0.6) is 0 Å². The van der Waals surface area contributed by atoms with Gasteiger partial charge in [0.2, 0.25) is 5.95 Å². The van der Waals surface area contributed by atoms with Crippen molar-refractivity contribution < 1.29 is 4.79 Å². The highest BCUT2D eigenvalue weighted by molar-refractivity contribution is 6.09. The van der Waals surface area contributed by atoms with Crippen LogP contribution in [0.1, 0.15) is 29.3 Å². The largest absolute Gasteiger partial charge is 0.357 e. The molecule has 2 heterocycles. The second-order valence-electron chi connectivity index (χ2n) is 6.11. The number of nitrogens with one attached hydrogen (secondary N) is 1. The van der Waals surface area contributed by atoms with E-state index in [-0.39, 0.29) is 5.91 Å². The number of fused-ring (bicyclic) bond motifs is 1. The highest BCUT2D eigenvalue weighted by Crippen LogP contribution is 2.26. The number of likely N-dealkylation sites (N-methyl/N-ethyl adjacent to an activating group) is 1. The molecular formula is C19H24N5O. The lowest BCUT2D eigenvalue weighted by Gasteiger charge is -2.21. The van der Waals surface area contributed by atoms with Gasteiger partial charge in [0.05, 0.1) is 0 Å². The lowest BCUT2D eigenvalue weighted by Crippen LogP contribution is -2.33. The molecule has 25 heavy (non-hydrogen) atoms. The number of amides is 1. The minimum Gasteiger partial charge on any atom is -0.357 e. The zero-order valence-corrected chi connectivity index (χ0v) is 14.8. The third-order valence-corrected chi connectivity index (χ3v) is 4.29. The second kappa shape index (κ2) is 7.51. The molecule has 131 valence electrons. The van der Waals surface area contributed by atoms with Gasteiger partial charge in [-0.05, 0) is 37.5 Å². The zero-order valence-electron chi connectivity index (χ0n) is 14.8. The molecule has 1 amide bonds. The van der Waals surface area contributed by atoms with E-state index < -0.39 is 0 Å². The van der Waals surface area contributed by atoms with Crippen LogP contribution in [0.4, 0.5) is 17.5 Å². The smallest absolute Gasteiger partial charge is 0.263 e. The van der Waals surface area contributed by atoms with E-state index in [1.54, 1.807) is 6.20 Å². The summed E-state index contributed by atoms with van der Waals surface area (Å²) < 4.78 is 0. The van der Waals surface area contributed by atoms with Crippen LogP contribution in [0.15, 0.2) is 30.5 Å². The normalized spacial score (nSPS) is 14.3. The maximum absolute atomic E-state index is 13.1. The van der Waals surface area contributed by atoms with Crippen LogP contribution < -0.4 is 15.1 Å². The fourth-order valence-electron chi connectivity index (χ4n) is 2.99. The predicted octanol–water partition coefficient (Wildman–Crippen LogP) is 2.77. The van der Waals surface area contributed by atoms with E-state index in [1.807, 2.05) is 35.9 Å². The number of aromatic nitrogens is 2. The summed E-state index contributed by atoms with van der Waals surface area (Å²) in [5.41, 5.74) is 2.63. The molecule has 2 aromatic rings. The SMILES string of the molecule is [CH2]CCc1cccc(N2CCN(C)c3nc(NCC)ncc3C2=O)c1. The van der Waals surface area contributed by atoms with Gasteiger partial charge in [0.15, 0.2) is 0 Å². The number of carbonyl (C=O) groups excluding carboxylic acids is 1. The minimum absolute atomic E-state index is 0.0610. The summed E-state index contributed by atoms with van der Waals surface area (Å²) in [6.45, 7) is 7.95. The Hall–Kier alpha value is -2.63. The monoisotopic (exact) mass is 338 g/mol. The summed E-state index contributed by atoms with van der Waals surface area (Å²) in [6.07, 6.45) is 3.36. The van der Waals surface area contributed by atoms with E-state index in [2.05, 4.69) is 34.3 Å². The molecule has 0 atom stereocenters. The first kappa shape index (κ1) is 17.2. The van der Waals surface area contributed by atoms with Crippen molar-refractivity contribution in [3.05, 3.63) is 48.5 Å². The highest BCUT2D eigenvalue weighted by Gasteiger charge is 2.28. The summed E-state index contributed by atoms with van der Waals surface area (Å²) in [5.74, 6) is 1.16. The van der Waals surface area contributed by atoms with Crippen molar-refractivity contribution in [2.45, 2.75) is 19.8 Å². The molecule has 0 bridgehead atoms. The Labute approximate surface area is 148 Å². The van der Waals surface area contributed by atoms with E-state index in [9.17, 15) is 4.79 Å². The van der Waals surface area contributed by atoms with Crippen LogP contribution in [-0.4, -0.2) is 42.6 Å². The number of hydrogen-bond donors (Lipinski definition) is 1. The number of benzene rings is 1. The number of anilines is 3. The third-order valence-electron chi connectivity index (χ3n) is 4.29. The molecule has 1 N–H and O–H groups in total. The Bertz CT molecular complexity index is 761. The van der Waals surface area contributed by atoms with Crippen molar-refractivity contribution in [2.24, 2.45) is 0 Å². The van der Waals surface area contributed by atoms with Gasteiger partial charge in [0, 0.05) is 38.6 Å². The average Bonchev–Trinajstić information content (AvgIpc) is 2.73. The first-order valence-electron chi connectivity index (χ1n) is 8.66. The molecule has 1 aromatic heterocycles. The number of hydrogen-bond acceptors (Lipinski definition) is 5. The van der Waals surface area contributed by atoms with E-state index >= 15 is 0 Å². The van der Waals surface area contributed by atoms with E-state index in [0.29, 0.717) is 30.4 Å². The first-order valence-corrected chi connectivity index (χ1v) is 8.66. The maximum atomic E-state index is 13.1. The number of aryl methyl sites for hydroxylation is 1. The summed E-state index contributed by atoms with van der Waals surface area (Å²) >= 11 is 0. The van der Waals surface area contributed by atoms with Gasteiger partial charge < -0.3 is 15.1 Å². The van der Waals surface area contributed by atoms with E-state index in [4.69, 9.17) is 0 Å². The zero-order chi connectivity index (χ0) is 17.8. The standard InChI is InChI=1S/C19H24N5O/c1-4-7-14-8-6-9-15(12-14)24-11-10-23(3)17-16(18(24)25)13-21-19(22-17)20-5-2/h6,8-9,12-13H,1,4-5,7,10-11H2,2-3H3,(H,20,21,22). The molecule has 1 aliphatic rings. The van der Waals surface area contributed by atoms with Gasteiger partial charge in [-0.2, -0.15) is 4.98 Å². The van der Waals surface area contributed by atoms with Crippen LogP contribution in [0.25, 0.3) is 0 Å². The van der Waals surface area contributed by atoms with Crippen LogP contribution in [0.3, 0.4) is 0 Å². The topological polar surface area (TPSA) is 61.4 Å². The summed E-state index contributed by atoms with van der Waals surface area (Å²) in [5, 5.41) is 3.10. The fraction of sp³-hybridized carbons (Fsp3) is 0.368. The number of carbonyl (C=O) groups is 1. The fourth-order valence-corrected chi connectivity index (χ4v) is 2.99. The number of rotatable bonds is 5. The van der Waals surface area contributed by atoms with Gasteiger partial charge in [0.1, 0.15) is 11.4 Å². The lowest BCUT2D eigenvalue weighted by molar-refractivity contribution is 0.0989. The first-order chi connectivity index (χ1) is 12.1. The van der Waals surface area contributed by atoms with Gasteiger partial charge in [0.25, 0.3) is 5.91 Å². The Morgan fingerprint density at radius 1 is 1.32 bits per heavy atom. The van der Waals surface area contributed by atoms with E-state index in [0.717, 1.165) is 25.1 Å². The molecule has 0 fully saturated rings. The molecule has 0 saturated carbocycles. The van der Waals surface area contributed by atoms with Crippen LogP contribution in [0, 0.1) is 6.92 Å². The predicted molar refractivity (Wildman–Crippen MR) is 101 cm³/mol. The Morgan fingerprint density at radius 3 is 2.92 bits per heavy atom. The average molecular weight is 338 g/mol. The molecular weight excluding hydrogens is 314 g/mol. The van der Waals surface area contributed by atoms with Crippen LogP contribution in [0.2, 0.25) is 0 Å². The number of nitrogens with zero attached hydrogens (tertiary/aromatic N) is 4. The quantitative estimate of drug-likeness (QED) is 0.908. The van der Waals surface area contributed by atoms with Crippen molar-refractivity contribution >= 4 is 23.4 Å². The summed E-state index contributed by atoms with van der Waals surface area (Å²) in [4.78, 5) is 25.7. The Morgan fingerprint density at radius 2 is 2.16 bits per heavy atom. The Balaban J connectivity index is 1.96. The third kappa shape index (κ3) is 3.57. The van der Waals surface area contributed by atoms with Crippen molar-refractivity contribution in [3.8, 4) is 0 Å². The molecule has 0 spiro atoms. The van der Waals surface area contributed by atoms with Crippen molar-refractivity contribution in [1.82, 2.24) is 9.97 Å². The van der Waals surface area contributed by atoms with Crippen molar-refractivity contribution in [2.75, 3.05) is 41.8 Å². The Kier molecular flexibility index (Phi) is 5.16. The molecule has 6 heteroatoms. The van der Waals surface area contributed by atoms with Gasteiger partial charge >= 0.3 is 0 Å². The van der Waals surface area contributed by atoms with Crippen molar-refractivity contribution in [3.63, 3.8) is 0 Å². The minimum atomic E-state index is -0.0610. The summed E-state index contributed by atoms with van der Waals surface area (Å²) in [7, 11) is 1.96. The van der Waals surface area contributed by atoms with Gasteiger partial charge in [-0.3, -0.25) is 4.79 Å².